The molecule has 0 spiro atoms. The summed E-state index contributed by atoms with van der Waals surface area (Å²) in [6, 6.07) is 0. The molecule has 0 unspecified atom stereocenters. The minimum absolute atomic E-state index is 0. The Hall–Kier alpha value is -0.680. The summed E-state index contributed by atoms with van der Waals surface area (Å²) < 4.78 is 26.6. The van der Waals surface area contributed by atoms with Gasteiger partial charge >= 0.3 is 0 Å². The van der Waals surface area contributed by atoms with Gasteiger partial charge in [-0.25, -0.2) is 4.79 Å². The van der Waals surface area contributed by atoms with Crippen molar-refractivity contribution in [3.05, 3.63) is 5.41 Å². The maximum absolute atomic E-state index is 9.47. The van der Waals surface area contributed by atoms with E-state index in [0.717, 1.165) is 5.94 Å². The largest absolute Gasteiger partial charge is 0.412 e. The van der Waals surface area contributed by atoms with E-state index in [4.69, 9.17) is 9.35 Å². The fourth-order valence-electron chi connectivity index (χ4n) is 0.0608. The molecule has 0 radical (unpaired) electrons. The van der Waals surface area contributed by atoms with Gasteiger partial charge in [0.2, 0.25) is 0 Å². The van der Waals surface area contributed by atoms with E-state index < -0.39 is 10.1 Å². The van der Waals surface area contributed by atoms with E-state index in [2.05, 4.69) is 0 Å². The van der Waals surface area contributed by atoms with Crippen LogP contribution in [0, 0.1) is 0 Å². The monoisotopic (exact) mass is 140 g/mol. The molecule has 48 valence electrons. The molecule has 0 atom stereocenters. The van der Waals surface area contributed by atoms with E-state index in [1.165, 1.54) is 0 Å². The van der Waals surface area contributed by atoms with Crippen LogP contribution in [0.4, 0.5) is 0 Å². The van der Waals surface area contributed by atoms with Crippen LogP contribution in [-0.4, -0.2) is 24.4 Å². The molecule has 5 nitrogen and oxygen atoms in total. The lowest BCUT2D eigenvalue weighted by Gasteiger charge is -1.71. The Kier molecular flexibility index (Phi) is 4.31. The molecule has 0 aromatic heterocycles. The van der Waals surface area contributed by atoms with Crippen LogP contribution in [0.1, 0.15) is 0 Å². The van der Waals surface area contributed by atoms with Gasteiger partial charge in [0.1, 0.15) is 11.3 Å². The second-order valence-corrected chi connectivity index (χ2v) is 2.02. The number of carbonyl (C=O) groups excluding carboxylic acids is 1. The molecule has 0 saturated carbocycles. The van der Waals surface area contributed by atoms with Crippen molar-refractivity contribution in [3.8, 4) is 0 Å². The highest BCUT2D eigenvalue weighted by molar-refractivity contribution is 7.89. The molecule has 0 aliphatic heterocycles. The zero-order chi connectivity index (χ0) is 5.91. The first-order valence-electron chi connectivity index (χ1n) is 1.24. The van der Waals surface area contributed by atoms with Crippen LogP contribution < -0.4 is 0 Å². The van der Waals surface area contributed by atoms with Crippen LogP contribution in [0.5, 0.6) is 0 Å². The Labute approximate surface area is 45.7 Å². The summed E-state index contributed by atoms with van der Waals surface area (Å²) in [5.74, 6) is 0.895. The van der Waals surface area contributed by atoms with Crippen molar-refractivity contribution < 1.29 is 23.2 Å². The Balaban J connectivity index is 0. The van der Waals surface area contributed by atoms with E-state index in [-0.39, 0.29) is 10.9 Å². The van der Waals surface area contributed by atoms with E-state index in [1.54, 1.807) is 0 Å². The van der Waals surface area contributed by atoms with Gasteiger partial charge in [-0.1, -0.05) is 0 Å². The molecule has 0 aromatic carbocycles. The third-order valence-corrected chi connectivity index (χ3v) is 0.591. The van der Waals surface area contributed by atoms with Crippen LogP contribution >= 0.6 is 0 Å². The van der Waals surface area contributed by atoms with Crippen LogP contribution in [0.2, 0.25) is 0 Å². The van der Waals surface area contributed by atoms with E-state index in [0.29, 0.717) is 0 Å². The average Bonchev–Trinajstić information content (AvgIpc) is 1.30. The summed E-state index contributed by atoms with van der Waals surface area (Å²) in [6.45, 7) is 0. The molecule has 0 heterocycles. The van der Waals surface area contributed by atoms with Crippen molar-refractivity contribution in [1.82, 2.24) is 0 Å². The van der Waals surface area contributed by atoms with Gasteiger partial charge in [-0.3, -0.25) is 4.55 Å². The van der Waals surface area contributed by atoms with Crippen molar-refractivity contribution >= 4 is 16.1 Å². The predicted molar refractivity (Wildman–Crippen MR) is 25.4 cm³/mol. The lowest BCUT2D eigenvalue weighted by molar-refractivity contribution is 0.494. The molecule has 0 aliphatic carbocycles. The summed E-state index contributed by atoms with van der Waals surface area (Å²) >= 11 is 0. The molecule has 6 heteroatoms. The lowest BCUT2D eigenvalue weighted by atomic mass is 11.2. The maximum atomic E-state index is 9.47. The van der Waals surface area contributed by atoms with Gasteiger partial charge in [-0.15, -0.1) is 0 Å². The predicted octanol–water partition coefficient (Wildman–Crippen LogP) is -1.61. The van der Waals surface area contributed by atoms with Gasteiger partial charge in [0.25, 0.3) is 10.1 Å². The standard InChI is InChI=1S/C2H2O4S.H2O/c3-1-2-7(4,5)6;/h2H,(H,4,5,6);1H2. The minimum Gasteiger partial charge on any atom is -0.412 e. The van der Waals surface area contributed by atoms with Gasteiger partial charge in [-0.05, 0) is 0 Å². The second-order valence-electron chi connectivity index (χ2n) is 0.751. The highest BCUT2D eigenvalue weighted by atomic mass is 32.2. The molecule has 3 N–H and O–H groups in total. The molecule has 0 bridgehead atoms. The van der Waals surface area contributed by atoms with Crippen molar-refractivity contribution in [3.63, 3.8) is 0 Å². The van der Waals surface area contributed by atoms with Gasteiger partial charge in [0.05, 0.1) is 0 Å². The quantitative estimate of drug-likeness (QED) is 0.349. The topological polar surface area (TPSA) is 103 Å². The normalized spacial score (nSPS) is 8.62. The van der Waals surface area contributed by atoms with Gasteiger partial charge in [0, 0.05) is 0 Å². The fraction of sp³-hybridized carbons (Fsp3) is 0. The van der Waals surface area contributed by atoms with Crippen molar-refractivity contribution in [2.75, 3.05) is 0 Å². The molecule has 0 aromatic rings. The SMILES string of the molecule is O.O=C=CS(=O)(=O)O. The van der Waals surface area contributed by atoms with Gasteiger partial charge < -0.3 is 5.48 Å². The Morgan fingerprint density at radius 3 is 1.88 bits per heavy atom. The van der Waals surface area contributed by atoms with Gasteiger partial charge in [0.15, 0.2) is 0 Å². The number of hydrogen-bond donors (Lipinski definition) is 1. The van der Waals surface area contributed by atoms with E-state index in [1.807, 2.05) is 0 Å². The summed E-state index contributed by atoms with van der Waals surface area (Å²) in [4.78, 5) is 9.10. The lowest BCUT2D eigenvalue weighted by Crippen LogP contribution is -1.88. The van der Waals surface area contributed by atoms with Crippen molar-refractivity contribution in [2.24, 2.45) is 0 Å². The van der Waals surface area contributed by atoms with Crippen LogP contribution in [-0.2, 0) is 14.9 Å². The molecular formula is C2H4O5S. The smallest absolute Gasteiger partial charge is 0.298 e. The van der Waals surface area contributed by atoms with Crippen LogP contribution in [0.25, 0.3) is 0 Å². The van der Waals surface area contributed by atoms with Crippen molar-refractivity contribution in [2.45, 2.75) is 0 Å². The highest BCUT2D eigenvalue weighted by Crippen LogP contribution is 1.74. The third kappa shape index (κ3) is 9.01. The second kappa shape index (κ2) is 3.34. The molecule has 0 aliphatic rings. The minimum atomic E-state index is -4.22. The molecule has 0 rings (SSSR count). The summed E-state index contributed by atoms with van der Waals surface area (Å²) in [5.41, 5.74) is 0. The maximum Gasteiger partial charge on any atom is 0.298 e. The first-order valence-corrected chi connectivity index (χ1v) is 2.75. The Morgan fingerprint density at radius 1 is 1.50 bits per heavy atom. The van der Waals surface area contributed by atoms with E-state index in [9.17, 15) is 8.42 Å². The number of rotatable bonds is 1. The number of hydrogen-bond acceptors (Lipinski definition) is 3. The van der Waals surface area contributed by atoms with E-state index >= 15 is 0 Å². The fourth-order valence-corrected chi connectivity index (χ4v) is 0.182. The van der Waals surface area contributed by atoms with Crippen LogP contribution in [0.3, 0.4) is 0 Å². The Bertz CT molecular complexity index is 182. The summed E-state index contributed by atoms with van der Waals surface area (Å²) in [7, 11) is -4.22. The molecular weight excluding hydrogens is 136 g/mol. The zero-order valence-electron chi connectivity index (χ0n) is 3.66. The van der Waals surface area contributed by atoms with Crippen molar-refractivity contribution in [1.29, 1.82) is 0 Å². The van der Waals surface area contributed by atoms with Crippen LogP contribution in [0.15, 0.2) is 5.41 Å². The summed E-state index contributed by atoms with van der Waals surface area (Å²) in [5, 5.41) is 0.0347. The highest BCUT2D eigenvalue weighted by Gasteiger charge is 1.92. The zero-order valence-corrected chi connectivity index (χ0v) is 4.47. The third-order valence-electron chi connectivity index (χ3n) is 0.197. The summed E-state index contributed by atoms with van der Waals surface area (Å²) in [6.07, 6.45) is 0. The molecule has 0 fully saturated rings. The molecule has 0 saturated heterocycles. The average molecular weight is 140 g/mol. The molecule has 8 heavy (non-hydrogen) atoms. The van der Waals surface area contributed by atoms with Gasteiger partial charge in [-0.2, -0.15) is 8.42 Å². The molecule has 0 amide bonds. The first-order chi connectivity index (χ1) is 3.06. The first kappa shape index (κ1) is 10.3. The Morgan fingerprint density at radius 2 is 1.88 bits per heavy atom.